The Hall–Kier alpha value is -1.52. The summed E-state index contributed by atoms with van der Waals surface area (Å²) in [4.78, 5) is 14.3. The third kappa shape index (κ3) is 2.33. The van der Waals surface area contributed by atoms with Crippen molar-refractivity contribution in [3.63, 3.8) is 0 Å². The molecule has 0 unspecified atom stereocenters. The van der Waals surface area contributed by atoms with Crippen molar-refractivity contribution in [3.8, 4) is 0 Å². The number of H-pyrrole nitrogens is 1. The normalized spacial score (nSPS) is 22.6. The first kappa shape index (κ1) is 12.5. The van der Waals surface area contributed by atoms with Gasteiger partial charge in [-0.2, -0.15) is 5.10 Å². The molecule has 3 rings (SSSR count). The van der Waals surface area contributed by atoms with Gasteiger partial charge in [0.25, 0.3) is 5.91 Å². The molecule has 0 aromatic carbocycles. The fourth-order valence-corrected chi connectivity index (χ4v) is 3.62. The number of nitrogens with two attached hydrogens (primary N) is 1. The van der Waals surface area contributed by atoms with E-state index >= 15 is 0 Å². The molecule has 1 aliphatic heterocycles. The summed E-state index contributed by atoms with van der Waals surface area (Å²) in [5.74, 6) is 0.403. The second-order valence-electron chi connectivity index (χ2n) is 6.05. The van der Waals surface area contributed by atoms with Gasteiger partial charge in [-0.25, -0.2) is 0 Å². The summed E-state index contributed by atoms with van der Waals surface area (Å²) in [7, 11) is 0. The van der Waals surface area contributed by atoms with Crippen LogP contribution in [0, 0.1) is 5.41 Å². The maximum absolute atomic E-state index is 12.3. The lowest BCUT2D eigenvalue weighted by Gasteiger charge is -2.44. The lowest BCUT2D eigenvalue weighted by molar-refractivity contribution is 0.0473. The zero-order chi connectivity index (χ0) is 13.3. The van der Waals surface area contributed by atoms with Gasteiger partial charge in [0.15, 0.2) is 0 Å². The van der Waals surface area contributed by atoms with Gasteiger partial charge in [0.05, 0.1) is 6.20 Å². The molecule has 0 bridgehead atoms. The molecule has 5 nitrogen and oxygen atoms in total. The number of amides is 1. The molecule has 1 aliphatic carbocycles. The maximum Gasteiger partial charge on any atom is 0.259 e. The highest BCUT2D eigenvalue weighted by Gasteiger charge is 2.37. The number of likely N-dealkylation sites (tertiary alicyclic amines) is 1. The van der Waals surface area contributed by atoms with Gasteiger partial charge in [-0.15, -0.1) is 0 Å². The topological polar surface area (TPSA) is 75.0 Å². The minimum Gasteiger partial charge on any atom is -0.383 e. The van der Waals surface area contributed by atoms with Crippen molar-refractivity contribution < 1.29 is 4.79 Å². The average molecular weight is 262 g/mol. The molecule has 3 N–H and O–H groups in total. The van der Waals surface area contributed by atoms with E-state index in [1.807, 2.05) is 4.90 Å². The Bertz CT molecular complexity index is 452. The van der Waals surface area contributed by atoms with Gasteiger partial charge >= 0.3 is 0 Å². The molecule has 1 saturated heterocycles. The minimum atomic E-state index is 0.0249. The molecular formula is C14H22N4O. The van der Waals surface area contributed by atoms with Crippen LogP contribution in [0.5, 0.6) is 0 Å². The number of anilines is 1. The second-order valence-corrected chi connectivity index (χ2v) is 6.05. The van der Waals surface area contributed by atoms with E-state index in [1.165, 1.54) is 38.3 Å². The number of hydrogen-bond acceptors (Lipinski definition) is 3. The zero-order valence-corrected chi connectivity index (χ0v) is 11.3. The SMILES string of the molecule is Nc1[nH]ncc1C(=O)N1CCC2(CCCCC2)CC1. The van der Waals surface area contributed by atoms with Gasteiger partial charge in [-0.3, -0.25) is 9.89 Å². The first-order valence-corrected chi connectivity index (χ1v) is 7.28. The molecule has 1 saturated carbocycles. The molecule has 1 spiro atoms. The van der Waals surface area contributed by atoms with Crippen LogP contribution in [0.2, 0.25) is 0 Å². The number of carbonyl (C=O) groups excluding carboxylic acids is 1. The van der Waals surface area contributed by atoms with Gasteiger partial charge in [0, 0.05) is 13.1 Å². The van der Waals surface area contributed by atoms with E-state index in [0.29, 0.717) is 16.8 Å². The van der Waals surface area contributed by atoms with Crippen LogP contribution in [0.3, 0.4) is 0 Å². The maximum atomic E-state index is 12.3. The Labute approximate surface area is 113 Å². The highest BCUT2D eigenvalue weighted by molar-refractivity contribution is 5.98. The number of nitrogens with one attached hydrogen (secondary N) is 1. The van der Waals surface area contributed by atoms with Gasteiger partial charge in [-0.1, -0.05) is 19.3 Å². The number of aromatic amines is 1. The third-order valence-electron chi connectivity index (χ3n) is 4.92. The number of nitrogen functional groups attached to an aromatic ring is 1. The minimum absolute atomic E-state index is 0.0249. The summed E-state index contributed by atoms with van der Waals surface area (Å²) < 4.78 is 0. The van der Waals surface area contributed by atoms with Crippen molar-refractivity contribution in [3.05, 3.63) is 11.8 Å². The van der Waals surface area contributed by atoms with Crippen LogP contribution in [-0.2, 0) is 0 Å². The summed E-state index contributed by atoms with van der Waals surface area (Å²) in [6, 6.07) is 0. The molecule has 1 aromatic rings. The summed E-state index contributed by atoms with van der Waals surface area (Å²) in [6.07, 6.45) is 10.6. The monoisotopic (exact) mass is 262 g/mol. The molecule has 5 heteroatoms. The van der Waals surface area contributed by atoms with Crippen LogP contribution in [0.15, 0.2) is 6.20 Å². The highest BCUT2D eigenvalue weighted by Crippen LogP contribution is 2.44. The number of rotatable bonds is 1. The van der Waals surface area contributed by atoms with Crippen LogP contribution in [-0.4, -0.2) is 34.1 Å². The molecule has 1 aromatic heterocycles. The molecule has 104 valence electrons. The van der Waals surface area contributed by atoms with Crippen molar-refractivity contribution >= 4 is 11.7 Å². The molecular weight excluding hydrogens is 240 g/mol. The van der Waals surface area contributed by atoms with Crippen LogP contribution in [0.1, 0.15) is 55.3 Å². The fourth-order valence-electron chi connectivity index (χ4n) is 3.62. The number of aromatic nitrogens is 2. The Morgan fingerprint density at radius 1 is 1.21 bits per heavy atom. The largest absolute Gasteiger partial charge is 0.383 e. The summed E-state index contributed by atoms with van der Waals surface area (Å²) in [5, 5.41) is 6.45. The lowest BCUT2D eigenvalue weighted by Crippen LogP contribution is -2.44. The van der Waals surface area contributed by atoms with Crippen molar-refractivity contribution in [2.45, 2.75) is 44.9 Å². The number of nitrogens with zero attached hydrogens (tertiary/aromatic N) is 2. The molecule has 0 radical (unpaired) electrons. The van der Waals surface area contributed by atoms with Crippen molar-refractivity contribution in [2.75, 3.05) is 18.8 Å². The van der Waals surface area contributed by atoms with E-state index < -0.39 is 0 Å². The predicted molar refractivity (Wildman–Crippen MR) is 73.7 cm³/mol. The highest BCUT2D eigenvalue weighted by atomic mass is 16.2. The predicted octanol–water partition coefficient (Wildman–Crippen LogP) is 2.18. The van der Waals surface area contributed by atoms with Crippen molar-refractivity contribution in [1.82, 2.24) is 15.1 Å². The molecule has 2 fully saturated rings. The Morgan fingerprint density at radius 2 is 1.89 bits per heavy atom. The summed E-state index contributed by atoms with van der Waals surface area (Å²) >= 11 is 0. The number of hydrogen-bond donors (Lipinski definition) is 2. The third-order valence-corrected chi connectivity index (χ3v) is 4.92. The smallest absolute Gasteiger partial charge is 0.259 e. The number of carbonyl (C=O) groups is 1. The van der Waals surface area contributed by atoms with Crippen molar-refractivity contribution in [2.24, 2.45) is 5.41 Å². The molecule has 0 atom stereocenters. The van der Waals surface area contributed by atoms with Gasteiger partial charge < -0.3 is 10.6 Å². The van der Waals surface area contributed by atoms with Crippen LogP contribution >= 0.6 is 0 Å². The molecule has 19 heavy (non-hydrogen) atoms. The second kappa shape index (κ2) is 4.87. The number of piperidine rings is 1. The summed E-state index contributed by atoms with van der Waals surface area (Å²) in [5.41, 5.74) is 6.76. The Morgan fingerprint density at radius 3 is 2.47 bits per heavy atom. The molecule has 2 heterocycles. The van der Waals surface area contributed by atoms with E-state index in [-0.39, 0.29) is 5.91 Å². The molecule has 2 aliphatic rings. The van der Waals surface area contributed by atoms with Crippen LogP contribution in [0.25, 0.3) is 0 Å². The van der Waals surface area contributed by atoms with E-state index in [9.17, 15) is 4.79 Å². The molecule has 1 amide bonds. The quantitative estimate of drug-likeness (QED) is 0.814. The van der Waals surface area contributed by atoms with Crippen LogP contribution in [0.4, 0.5) is 5.82 Å². The fraction of sp³-hybridized carbons (Fsp3) is 0.714. The first-order valence-electron chi connectivity index (χ1n) is 7.28. The van der Waals surface area contributed by atoms with E-state index in [0.717, 1.165) is 25.9 Å². The lowest BCUT2D eigenvalue weighted by atomic mass is 9.68. The summed E-state index contributed by atoms with van der Waals surface area (Å²) in [6.45, 7) is 1.73. The average Bonchev–Trinajstić information content (AvgIpc) is 2.86. The Balaban J connectivity index is 1.64. The van der Waals surface area contributed by atoms with E-state index in [4.69, 9.17) is 5.73 Å². The van der Waals surface area contributed by atoms with E-state index in [1.54, 1.807) is 0 Å². The van der Waals surface area contributed by atoms with Gasteiger partial charge in [0.2, 0.25) is 0 Å². The van der Waals surface area contributed by atoms with Crippen molar-refractivity contribution in [1.29, 1.82) is 0 Å². The standard InChI is InChI=1S/C14H22N4O/c15-12-11(10-16-17-12)13(19)18-8-6-14(7-9-18)4-2-1-3-5-14/h10H,1-9H2,(H3,15,16,17). The van der Waals surface area contributed by atoms with Gasteiger partial charge in [0.1, 0.15) is 11.4 Å². The Kier molecular flexibility index (Phi) is 3.21. The van der Waals surface area contributed by atoms with Gasteiger partial charge in [-0.05, 0) is 31.1 Å². The first-order chi connectivity index (χ1) is 9.20. The van der Waals surface area contributed by atoms with E-state index in [2.05, 4.69) is 10.2 Å². The van der Waals surface area contributed by atoms with Crippen LogP contribution < -0.4 is 5.73 Å². The zero-order valence-electron chi connectivity index (χ0n) is 11.3.